The van der Waals surface area contributed by atoms with Crippen LogP contribution in [0.25, 0.3) is 16.6 Å². The Morgan fingerprint density at radius 1 is 1.09 bits per heavy atom. The van der Waals surface area contributed by atoms with Crippen LogP contribution in [0.4, 0.5) is 10.1 Å². The first-order valence-electron chi connectivity index (χ1n) is 6.70. The molecule has 0 spiro atoms. The van der Waals surface area contributed by atoms with Gasteiger partial charge < -0.3 is 16.2 Å². The minimum absolute atomic E-state index is 0.195. The zero-order valence-electron chi connectivity index (χ0n) is 11.6. The molecule has 4 nitrogen and oxygen atoms in total. The summed E-state index contributed by atoms with van der Waals surface area (Å²) >= 11 is 0. The summed E-state index contributed by atoms with van der Waals surface area (Å²) < 4.78 is 13.3. The van der Waals surface area contributed by atoms with Crippen molar-refractivity contribution in [3.8, 4) is 5.75 Å². The van der Waals surface area contributed by atoms with Crippen LogP contribution in [0, 0.1) is 5.82 Å². The van der Waals surface area contributed by atoms with Gasteiger partial charge in [-0.3, -0.25) is 0 Å². The molecule has 0 amide bonds. The predicted molar refractivity (Wildman–Crippen MR) is 85.6 cm³/mol. The van der Waals surface area contributed by atoms with E-state index in [2.05, 4.69) is 10.3 Å². The van der Waals surface area contributed by atoms with Gasteiger partial charge in [-0.2, -0.15) is 0 Å². The molecule has 0 saturated heterocycles. The topological polar surface area (TPSA) is 71.2 Å². The zero-order chi connectivity index (χ0) is 15.5. The fourth-order valence-corrected chi connectivity index (χ4v) is 2.04. The van der Waals surface area contributed by atoms with Crippen molar-refractivity contribution in [1.29, 1.82) is 0 Å². The molecule has 5 heteroatoms. The van der Waals surface area contributed by atoms with Crippen LogP contribution in [0.2, 0.25) is 0 Å². The van der Waals surface area contributed by atoms with Crippen molar-refractivity contribution in [3.05, 3.63) is 72.3 Å². The van der Waals surface area contributed by atoms with Crippen LogP contribution in [-0.4, -0.2) is 10.1 Å². The number of phenols is 1. The van der Waals surface area contributed by atoms with E-state index < -0.39 is 0 Å². The molecule has 22 heavy (non-hydrogen) atoms. The third kappa shape index (κ3) is 2.98. The summed E-state index contributed by atoms with van der Waals surface area (Å²) in [6.45, 7) is 0. The highest BCUT2D eigenvalue weighted by atomic mass is 19.1. The molecule has 0 saturated carbocycles. The van der Waals surface area contributed by atoms with E-state index in [1.54, 1.807) is 42.6 Å². The number of benzene rings is 2. The molecule has 0 aliphatic heterocycles. The van der Waals surface area contributed by atoms with Gasteiger partial charge in [0.25, 0.3) is 0 Å². The number of pyridine rings is 1. The number of anilines is 1. The van der Waals surface area contributed by atoms with Gasteiger partial charge in [-0.1, -0.05) is 6.07 Å². The molecule has 0 bridgehead atoms. The van der Waals surface area contributed by atoms with Gasteiger partial charge in [0.15, 0.2) is 0 Å². The number of aromatic hydroxyl groups is 1. The highest BCUT2D eigenvalue weighted by molar-refractivity contribution is 5.80. The predicted octanol–water partition coefficient (Wildman–Crippen LogP) is 3.45. The summed E-state index contributed by atoms with van der Waals surface area (Å²) in [5.74, 6) is -0.136. The summed E-state index contributed by atoms with van der Waals surface area (Å²) in [4.78, 5) is 4.35. The molecule has 0 fully saturated rings. The second kappa shape index (κ2) is 5.73. The average molecular weight is 295 g/mol. The number of phenolic OH excluding ortho intramolecular Hbond substituents is 1. The minimum atomic E-state index is -0.332. The largest absolute Gasteiger partial charge is 0.508 e. The van der Waals surface area contributed by atoms with Crippen LogP contribution in [0.15, 0.2) is 60.8 Å². The Bertz CT molecular complexity index is 844. The number of hydrogen-bond acceptors (Lipinski definition) is 4. The maximum absolute atomic E-state index is 13.3. The minimum Gasteiger partial charge on any atom is -0.508 e. The van der Waals surface area contributed by atoms with E-state index >= 15 is 0 Å². The Hall–Kier alpha value is -3.08. The standard InChI is InChI=1S/C17H14FN3O/c18-12-3-1-11-2-8-16(21-17(11)9-12)15(19)10-20-13-4-6-14(22)7-5-13/h1-10,20,22H,19H2/b15-10-. The molecule has 0 atom stereocenters. The Balaban J connectivity index is 1.85. The maximum atomic E-state index is 13.3. The monoisotopic (exact) mass is 295 g/mol. The molecule has 0 radical (unpaired) electrons. The van der Waals surface area contributed by atoms with Crippen LogP contribution in [0.1, 0.15) is 5.69 Å². The quantitative estimate of drug-likeness (QED) is 0.647. The van der Waals surface area contributed by atoms with Crippen molar-refractivity contribution in [1.82, 2.24) is 4.98 Å². The Kier molecular flexibility index (Phi) is 3.62. The summed E-state index contributed by atoms with van der Waals surface area (Å²) in [6, 6.07) is 14.7. The first kappa shape index (κ1) is 13.9. The molecule has 1 heterocycles. The zero-order valence-corrected chi connectivity index (χ0v) is 11.6. The van der Waals surface area contributed by atoms with E-state index in [-0.39, 0.29) is 11.6 Å². The van der Waals surface area contributed by atoms with Crippen molar-refractivity contribution in [2.24, 2.45) is 5.73 Å². The van der Waals surface area contributed by atoms with Crippen LogP contribution >= 0.6 is 0 Å². The lowest BCUT2D eigenvalue weighted by Gasteiger charge is -2.05. The average Bonchev–Trinajstić information content (AvgIpc) is 2.53. The van der Waals surface area contributed by atoms with Gasteiger partial charge in [0.1, 0.15) is 11.6 Å². The number of rotatable bonds is 3. The summed E-state index contributed by atoms with van der Waals surface area (Å²) in [6.07, 6.45) is 1.61. The molecule has 3 rings (SSSR count). The van der Waals surface area contributed by atoms with E-state index in [4.69, 9.17) is 5.73 Å². The van der Waals surface area contributed by atoms with Gasteiger partial charge in [0, 0.05) is 23.3 Å². The van der Waals surface area contributed by atoms with Crippen molar-refractivity contribution >= 4 is 22.3 Å². The van der Waals surface area contributed by atoms with Gasteiger partial charge in [-0.25, -0.2) is 9.37 Å². The molecule has 0 aliphatic carbocycles. The van der Waals surface area contributed by atoms with E-state index in [1.807, 2.05) is 6.07 Å². The number of halogens is 1. The molecular weight excluding hydrogens is 281 g/mol. The first-order valence-corrected chi connectivity index (χ1v) is 6.70. The summed E-state index contributed by atoms with van der Waals surface area (Å²) in [5, 5.41) is 13.1. The molecule has 3 aromatic rings. The van der Waals surface area contributed by atoms with Crippen molar-refractivity contribution < 1.29 is 9.50 Å². The van der Waals surface area contributed by atoms with Crippen molar-refractivity contribution in [2.45, 2.75) is 0 Å². The van der Waals surface area contributed by atoms with E-state index in [0.29, 0.717) is 16.9 Å². The Morgan fingerprint density at radius 2 is 1.82 bits per heavy atom. The third-order valence-corrected chi connectivity index (χ3v) is 3.21. The van der Waals surface area contributed by atoms with Crippen molar-refractivity contribution in [2.75, 3.05) is 5.32 Å². The summed E-state index contributed by atoms with van der Waals surface area (Å²) in [5.41, 5.74) is 8.32. The fourth-order valence-electron chi connectivity index (χ4n) is 2.04. The van der Waals surface area contributed by atoms with E-state index in [9.17, 15) is 9.50 Å². The van der Waals surface area contributed by atoms with Gasteiger partial charge >= 0.3 is 0 Å². The second-order valence-electron chi connectivity index (χ2n) is 4.82. The highest BCUT2D eigenvalue weighted by Crippen LogP contribution is 2.18. The lowest BCUT2D eigenvalue weighted by atomic mass is 10.2. The van der Waals surface area contributed by atoms with Crippen molar-refractivity contribution in [3.63, 3.8) is 0 Å². The highest BCUT2D eigenvalue weighted by Gasteiger charge is 2.02. The van der Waals surface area contributed by atoms with Crippen LogP contribution in [0.3, 0.4) is 0 Å². The molecule has 4 N–H and O–H groups in total. The van der Waals surface area contributed by atoms with E-state index in [0.717, 1.165) is 11.1 Å². The molecular formula is C17H14FN3O. The summed E-state index contributed by atoms with van der Waals surface area (Å²) in [7, 11) is 0. The molecule has 110 valence electrons. The normalized spacial score (nSPS) is 11.6. The number of nitrogens with zero attached hydrogens (tertiary/aromatic N) is 1. The fraction of sp³-hybridized carbons (Fsp3) is 0. The Morgan fingerprint density at radius 3 is 2.59 bits per heavy atom. The van der Waals surface area contributed by atoms with E-state index in [1.165, 1.54) is 12.1 Å². The van der Waals surface area contributed by atoms with Crippen LogP contribution in [0.5, 0.6) is 5.75 Å². The molecule has 2 aromatic carbocycles. The number of nitrogens with two attached hydrogens (primary N) is 1. The van der Waals surface area contributed by atoms with Crippen LogP contribution < -0.4 is 11.1 Å². The molecule has 0 unspecified atom stereocenters. The maximum Gasteiger partial charge on any atom is 0.125 e. The Labute approximate surface area is 126 Å². The van der Waals surface area contributed by atoms with Crippen LogP contribution in [-0.2, 0) is 0 Å². The lowest BCUT2D eigenvalue weighted by molar-refractivity contribution is 0.475. The first-order chi connectivity index (χ1) is 10.6. The van der Waals surface area contributed by atoms with Gasteiger partial charge in [-0.15, -0.1) is 0 Å². The SMILES string of the molecule is N/C(=C\Nc1ccc(O)cc1)c1ccc2ccc(F)cc2n1. The van der Waals surface area contributed by atoms with Gasteiger partial charge in [0.05, 0.1) is 16.9 Å². The van der Waals surface area contributed by atoms with Gasteiger partial charge in [-0.05, 0) is 42.5 Å². The number of nitrogens with one attached hydrogen (secondary N) is 1. The third-order valence-electron chi connectivity index (χ3n) is 3.21. The number of hydrogen-bond donors (Lipinski definition) is 3. The smallest absolute Gasteiger partial charge is 0.125 e. The molecule has 0 aliphatic rings. The second-order valence-corrected chi connectivity index (χ2v) is 4.82. The number of fused-ring (bicyclic) bond motifs is 1. The number of aromatic nitrogens is 1. The molecule has 1 aromatic heterocycles. The van der Waals surface area contributed by atoms with Gasteiger partial charge in [0.2, 0.25) is 0 Å². The lowest BCUT2D eigenvalue weighted by Crippen LogP contribution is -2.02.